The van der Waals surface area contributed by atoms with E-state index in [0.29, 0.717) is 5.92 Å². The molecule has 0 aromatic heterocycles. The highest BCUT2D eigenvalue weighted by Gasteiger charge is 2.13. The van der Waals surface area contributed by atoms with Gasteiger partial charge in [-0.15, -0.1) is 0 Å². The van der Waals surface area contributed by atoms with Crippen LogP contribution in [0.25, 0.3) is 0 Å². The molecule has 21 heavy (non-hydrogen) atoms. The lowest BCUT2D eigenvalue weighted by Gasteiger charge is -2.18. The zero-order valence-corrected chi connectivity index (χ0v) is 12.1. The number of benzene rings is 3. The van der Waals surface area contributed by atoms with Crippen molar-refractivity contribution in [1.82, 2.24) is 0 Å². The fraction of sp³-hybridized carbons (Fsp3) is 0.143. The van der Waals surface area contributed by atoms with Gasteiger partial charge in [0.25, 0.3) is 0 Å². The van der Waals surface area contributed by atoms with Crippen LogP contribution in [0.5, 0.6) is 0 Å². The van der Waals surface area contributed by atoms with Crippen molar-refractivity contribution in [1.29, 1.82) is 0 Å². The predicted molar refractivity (Wildman–Crippen MR) is 88.3 cm³/mol. The largest absolute Gasteiger partial charge is 0.0622 e. The van der Waals surface area contributed by atoms with Crippen LogP contribution in [0.1, 0.15) is 29.0 Å². The lowest BCUT2D eigenvalue weighted by atomic mass is 9.86. The van der Waals surface area contributed by atoms with Crippen LogP contribution in [-0.4, -0.2) is 0 Å². The van der Waals surface area contributed by atoms with Crippen molar-refractivity contribution in [3.8, 4) is 0 Å². The van der Waals surface area contributed by atoms with Gasteiger partial charge in [-0.3, -0.25) is 0 Å². The molecule has 3 rings (SSSR count). The molecule has 0 aliphatic rings. The summed E-state index contributed by atoms with van der Waals surface area (Å²) < 4.78 is 0. The van der Waals surface area contributed by atoms with Crippen LogP contribution in [0.15, 0.2) is 84.9 Å². The maximum absolute atomic E-state index is 3.08. The van der Waals surface area contributed by atoms with Crippen molar-refractivity contribution >= 4 is 0 Å². The second-order valence-corrected chi connectivity index (χ2v) is 5.32. The fourth-order valence-electron chi connectivity index (χ4n) is 2.80. The lowest BCUT2D eigenvalue weighted by Crippen LogP contribution is -2.03. The van der Waals surface area contributed by atoms with Crippen LogP contribution < -0.4 is 0 Å². The molecule has 3 aromatic rings. The Kier molecular flexibility index (Phi) is 4.48. The first-order valence-corrected chi connectivity index (χ1v) is 7.48. The number of rotatable bonds is 5. The molecule has 103 valence electrons. The summed E-state index contributed by atoms with van der Waals surface area (Å²) in [6.45, 7) is 0. The van der Waals surface area contributed by atoms with E-state index in [1.54, 1.807) is 0 Å². The molecule has 0 saturated heterocycles. The van der Waals surface area contributed by atoms with Gasteiger partial charge in [0, 0.05) is 5.92 Å². The van der Waals surface area contributed by atoms with Crippen LogP contribution in [-0.2, 0) is 6.42 Å². The molecule has 0 spiro atoms. The summed E-state index contributed by atoms with van der Waals surface area (Å²) in [6, 6.07) is 33.0. The van der Waals surface area contributed by atoms with E-state index in [1.807, 2.05) is 12.1 Å². The molecule has 0 amide bonds. The molecule has 0 heteroatoms. The van der Waals surface area contributed by atoms with E-state index in [-0.39, 0.29) is 0 Å². The second-order valence-electron chi connectivity index (χ2n) is 5.32. The first-order chi connectivity index (χ1) is 10.4. The van der Waals surface area contributed by atoms with Crippen LogP contribution in [0.2, 0.25) is 0 Å². The quantitative estimate of drug-likeness (QED) is 0.594. The van der Waals surface area contributed by atoms with E-state index in [2.05, 4.69) is 78.9 Å². The maximum Gasteiger partial charge on any atom is 0.00925 e. The number of hydrogen-bond donors (Lipinski definition) is 0. The summed E-state index contributed by atoms with van der Waals surface area (Å²) in [7, 11) is 0. The average molecular weight is 271 g/mol. The summed E-state index contributed by atoms with van der Waals surface area (Å²) in [5.41, 5.74) is 4.17. The summed E-state index contributed by atoms with van der Waals surface area (Å²) >= 11 is 0. The molecule has 0 heterocycles. The molecule has 0 unspecified atom stereocenters. The Morgan fingerprint density at radius 3 is 1.71 bits per heavy atom. The number of hydrogen-bond acceptors (Lipinski definition) is 0. The van der Waals surface area contributed by atoms with Gasteiger partial charge in [-0.25, -0.2) is 0 Å². The monoisotopic (exact) mass is 271 g/mol. The third-order valence-corrected chi connectivity index (χ3v) is 3.91. The molecule has 1 radical (unpaired) electrons. The van der Waals surface area contributed by atoms with Crippen molar-refractivity contribution in [3.63, 3.8) is 0 Å². The number of aryl methyl sites for hydroxylation is 1. The molecule has 0 nitrogen and oxygen atoms in total. The van der Waals surface area contributed by atoms with Crippen LogP contribution in [0.3, 0.4) is 0 Å². The summed E-state index contributed by atoms with van der Waals surface area (Å²) in [6.07, 6.45) is 2.21. The second kappa shape index (κ2) is 6.90. The Hall–Kier alpha value is -2.34. The van der Waals surface area contributed by atoms with Crippen LogP contribution in [0.4, 0.5) is 0 Å². The van der Waals surface area contributed by atoms with Gasteiger partial charge in [-0.05, 0) is 35.6 Å². The zero-order valence-electron chi connectivity index (χ0n) is 12.1. The minimum Gasteiger partial charge on any atom is -0.0622 e. The third-order valence-electron chi connectivity index (χ3n) is 3.91. The highest BCUT2D eigenvalue weighted by Crippen LogP contribution is 2.29. The smallest absolute Gasteiger partial charge is 0.00925 e. The van der Waals surface area contributed by atoms with Crippen molar-refractivity contribution in [2.75, 3.05) is 0 Å². The first kappa shape index (κ1) is 13.6. The van der Waals surface area contributed by atoms with Gasteiger partial charge in [0.2, 0.25) is 0 Å². The highest BCUT2D eigenvalue weighted by atomic mass is 14.2. The SMILES string of the molecule is [c]1ccc(CCC(c2ccccc2)c2ccccc2)cc1. The fourth-order valence-corrected chi connectivity index (χ4v) is 2.80. The average Bonchev–Trinajstić information content (AvgIpc) is 2.58. The van der Waals surface area contributed by atoms with Gasteiger partial charge in [0.15, 0.2) is 0 Å². The summed E-state index contributed by atoms with van der Waals surface area (Å²) in [4.78, 5) is 0. The lowest BCUT2D eigenvalue weighted by molar-refractivity contribution is 0.715. The van der Waals surface area contributed by atoms with E-state index in [1.165, 1.54) is 16.7 Å². The molecular formula is C21H19. The Labute approximate surface area is 127 Å². The normalized spacial score (nSPS) is 10.7. The Morgan fingerprint density at radius 1 is 0.667 bits per heavy atom. The first-order valence-electron chi connectivity index (χ1n) is 7.48. The molecule has 0 N–H and O–H groups in total. The van der Waals surface area contributed by atoms with Crippen molar-refractivity contribution in [2.24, 2.45) is 0 Å². The van der Waals surface area contributed by atoms with Gasteiger partial charge >= 0.3 is 0 Å². The molecule has 0 aliphatic heterocycles. The maximum atomic E-state index is 3.08. The van der Waals surface area contributed by atoms with E-state index in [9.17, 15) is 0 Å². The molecule has 0 bridgehead atoms. The van der Waals surface area contributed by atoms with Crippen molar-refractivity contribution in [3.05, 3.63) is 108 Å². The van der Waals surface area contributed by atoms with E-state index >= 15 is 0 Å². The highest BCUT2D eigenvalue weighted by molar-refractivity contribution is 5.32. The van der Waals surface area contributed by atoms with Crippen LogP contribution in [0, 0.1) is 6.07 Å². The van der Waals surface area contributed by atoms with Gasteiger partial charge in [0.05, 0.1) is 0 Å². The third kappa shape index (κ3) is 3.61. The van der Waals surface area contributed by atoms with E-state index < -0.39 is 0 Å². The molecule has 3 aromatic carbocycles. The minimum absolute atomic E-state index is 0.455. The Morgan fingerprint density at radius 2 is 1.19 bits per heavy atom. The minimum atomic E-state index is 0.455. The topological polar surface area (TPSA) is 0 Å². The Bertz CT molecular complexity index is 602. The van der Waals surface area contributed by atoms with Gasteiger partial charge < -0.3 is 0 Å². The molecule has 0 atom stereocenters. The standard InChI is InChI=1S/C21H19/c1-4-10-18(11-5-1)16-17-21(19-12-6-2-7-13-19)20-14-8-3-9-15-20/h2-15,21H,16-17H2. The molecule has 0 aliphatic carbocycles. The Balaban J connectivity index is 1.83. The molecule has 0 fully saturated rings. The van der Waals surface area contributed by atoms with Crippen molar-refractivity contribution in [2.45, 2.75) is 18.8 Å². The van der Waals surface area contributed by atoms with Crippen molar-refractivity contribution < 1.29 is 0 Å². The summed E-state index contributed by atoms with van der Waals surface area (Å²) in [5, 5.41) is 0. The van der Waals surface area contributed by atoms with Gasteiger partial charge in [-0.2, -0.15) is 0 Å². The van der Waals surface area contributed by atoms with E-state index in [0.717, 1.165) is 12.8 Å². The molecular weight excluding hydrogens is 252 g/mol. The summed E-state index contributed by atoms with van der Waals surface area (Å²) in [5.74, 6) is 0.455. The van der Waals surface area contributed by atoms with Crippen LogP contribution >= 0.6 is 0 Å². The predicted octanol–water partition coefficient (Wildman–Crippen LogP) is 5.25. The molecule has 0 saturated carbocycles. The van der Waals surface area contributed by atoms with Gasteiger partial charge in [0.1, 0.15) is 0 Å². The van der Waals surface area contributed by atoms with Gasteiger partial charge in [-0.1, -0.05) is 84.9 Å². The zero-order chi connectivity index (χ0) is 14.3. The van der Waals surface area contributed by atoms with E-state index in [4.69, 9.17) is 0 Å².